The Labute approximate surface area is 123 Å². The Balaban J connectivity index is 2.13. The summed E-state index contributed by atoms with van der Waals surface area (Å²) in [6.07, 6.45) is 1.30. The Hall–Kier alpha value is -1.14. The lowest BCUT2D eigenvalue weighted by molar-refractivity contribution is 0.0498. The zero-order valence-corrected chi connectivity index (χ0v) is 13.3. The summed E-state index contributed by atoms with van der Waals surface area (Å²) in [7, 11) is 1.75. The van der Waals surface area contributed by atoms with Crippen molar-refractivity contribution in [2.45, 2.75) is 33.3 Å². The number of anilines is 1. The number of esters is 1. The second-order valence-electron chi connectivity index (χ2n) is 5.12. The van der Waals surface area contributed by atoms with Gasteiger partial charge in [-0.2, -0.15) is 0 Å². The molecule has 0 N–H and O–H groups in total. The summed E-state index contributed by atoms with van der Waals surface area (Å²) in [5.41, 5.74) is 0.746. The molecule has 2 heterocycles. The van der Waals surface area contributed by atoms with Crippen LogP contribution in [0.2, 0.25) is 0 Å². The number of hydrogen-bond donors (Lipinski definition) is 0. The van der Waals surface area contributed by atoms with Crippen molar-refractivity contribution in [2.24, 2.45) is 5.92 Å². The Morgan fingerprint density at radius 1 is 1.55 bits per heavy atom. The summed E-state index contributed by atoms with van der Waals surface area (Å²) >= 11 is 1.41. The number of carbonyl (C=O) groups excluding carboxylic acids is 1. The normalized spacial score (nSPS) is 22.9. The molecule has 112 valence electrons. The van der Waals surface area contributed by atoms with Crippen LogP contribution in [0, 0.1) is 12.8 Å². The second-order valence-corrected chi connectivity index (χ2v) is 6.10. The standard InChI is InChI=1S/C14H22N2O3S/c1-5-19-13(17)12-10(3)15-14(20-12)16-7-6-9(2)11(8-16)18-4/h9,11H,5-8H2,1-4H3. The van der Waals surface area contributed by atoms with Gasteiger partial charge in [0.25, 0.3) is 0 Å². The van der Waals surface area contributed by atoms with Crippen LogP contribution in [-0.4, -0.2) is 43.9 Å². The monoisotopic (exact) mass is 298 g/mol. The minimum atomic E-state index is -0.276. The van der Waals surface area contributed by atoms with Crippen LogP contribution in [0.1, 0.15) is 35.6 Å². The van der Waals surface area contributed by atoms with E-state index in [1.165, 1.54) is 11.3 Å². The van der Waals surface area contributed by atoms with Gasteiger partial charge in [0.05, 0.1) is 18.4 Å². The minimum absolute atomic E-state index is 0.221. The first-order valence-electron chi connectivity index (χ1n) is 6.99. The smallest absolute Gasteiger partial charge is 0.350 e. The average molecular weight is 298 g/mol. The molecule has 1 aromatic heterocycles. The fourth-order valence-corrected chi connectivity index (χ4v) is 3.41. The maximum atomic E-state index is 11.8. The van der Waals surface area contributed by atoms with Crippen molar-refractivity contribution in [3.05, 3.63) is 10.6 Å². The fourth-order valence-electron chi connectivity index (χ4n) is 2.42. The van der Waals surface area contributed by atoms with Gasteiger partial charge in [0.2, 0.25) is 0 Å². The lowest BCUT2D eigenvalue weighted by atomic mass is 9.96. The molecule has 5 nitrogen and oxygen atoms in total. The summed E-state index contributed by atoms with van der Waals surface area (Å²) in [4.78, 5) is 19.2. The van der Waals surface area contributed by atoms with Crippen LogP contribution >= 0.6 is 11.3 Å². The minimum Gasteiger partial charge on any atom is -0.462 e. The van der Waals surface area contributed by atoms with E-state index in [-0.39, 0.29) is 12.1 Å². The molecule has 2 rings (SSSR count). The van der Waals surface area contributed by atoms with Crippen LogP contribution in [0.4, 0.5) is 5.13 Å². The number of nitrogens with zero attached hydrogens (tertiary/aromatic N) is 2. The quantitative estimate of drug-likeness (QED) is 0.799. The van der Waals surface area contributed by atoms with E-state index in [9.17, 15) is 4.79 Å². The Morgan fingerprint density at radius 3 is 2.95 bits per heavy atom. The molecule has 1 aliphatic rings. The number of aromatic nitrogens is 1. The van der Waals surface area contributed by atoms with Gasteiger partial charge in [-0.3, -0.25) is 0 Å². The molecule has 0 saturated carbocycles. The lowest BCUT2D eigenvalue weighted by Crippen LogP contribution is -2.43. The highest BCUT2D eigenvalue weighted by Gasteiger charge is 2.28. The first kappa shape index (κ1) is 15.3. The number of methoxy groups -OCH3 is 1. The molecular formula is C14H22N2O3S. The lowest BCUT2D eigenvalue weighted by Gasteiger charge is -2.36. The molecule has 0 aromatic carbocycles. The third-order valence-corrected chi connectivity index (χ3v) is 4.91. The molecule has 1 saturated heterocycles. The first-order valence-corrected chi connectivity index (χ1v) is 7.80. The third kappa shape index (κ3) is 3.12. The number of ether oxygens (including phenoxy) is 2. The van der Waals surface area contributed by atoms with Crippen molar-refractivity contribution in [1.82, 2.24) is 4.98 Å². The van der Waals surface area contributed by atoms with E-state index < -0.39 is 0 Å². The molecule has 1 fully saturated rings. The van der Waals surface area contributed by atoms with E-state index in [4.69, 9.17) is 9.47 Å². The Morgan fingerprint density at radius 2 is 2.30 bits per heavy atom. The van der Waals surface area contributed by atoms with Gasteiger partial charge in [-0.05, 0) is 26.2 Å². The van der Waals surface area contributed by atoms with Gasteiger partial charge < -0.3 is 14.4 Å². The predicted molar refractivity (Wildman–Crippen MR) is 79.6 cm³/mol. The molecule has 1 aliphatic heterocycles. The van der Waals surface area contributed by atoms with E-state index in [1.807, 2.05) is 13.8 Å². The van der Waals surface area contributed by atoms with Crippen molar-refractivity contribution in [3.8, 4) is 0 Å². The van der Waals surface area contributed by atoms with Gasteiger partial charge in [-0.1, -0.05) is 18.3 Å². The second kappa shape index (κ2) is 6.54. The number of carbonyl (C=O) groups is 1. The molecule has 0 amide bonds. The third-order valence-electron chi connectivity index (χ3n) is 3.71. The van der Waals surface area contributed by atoms with E-state index in [0.717, 1.165) is 30.3 Å². The zero-order chi connectivity index (χ0) is 14.7. The maximum Gasteiger partial charge on any atom is 0.350 e. The Kier molecular flexibility index (Phi) is 4.99. The van der Waals surface area contributed by atoms with E-state index in [0.29, 0.717) is 17.4 Å². The molecular weight excluding hydrogens is 276 g/mol. The average Bonchev–Trinajstić information content (AvgIpc) is 2.82. The van der Waals surface area contributed by atoms with Gasteiger partial charge in [0, 0.05) is 20.2 Å². The van der Waals surface area contributed by atoms with Crippen LogP contribution in [0.3, 0.4) is 0 Å². The van der Waals surface area contributed by atoms with E-state index in [1.54, 1.807) is 7.11 Å². The van der Waals surface area contributed by atoms with Crippen molar-refractivity contribution >= 4 is 22.4 Å². The summed E-state index contributed by atoms with van der Waals surface area (Å²) in [5.74, 6) is 0.282. The highest BCUT2D eigenvalue weighted by Crippen LogP contribution is 2.30. The summed E-state index contributed by atoms with van der Waals surface area (Å²) in [5, 5.41) is 0.888. The Bertz CT molecular complexity index is 475. The molecule has 20 heavy (non-hydrogen) atoms. The molecule has 0 spiro atoms. The van der Waals surface area contributed by atoms with E-state index >= 15 is 0 Å². The van der Waals surface area contributed by atoms with Crippen LogP contribution < -0.4 is 4.90 Å². The first-order chi connectivity index (χ1) is 9.56. The molecule has 1 aromatic rings. The van der Waals surface area contributed by atoms with Gasteiger partial charge in [0.1, 0.15) is 4.88 Å². The van der Waals surface area contributed by atoms with Crippen molar-refractivity contribution in [3.63, 3.8) is 0 Å². The van der Waals surface area contributed by atoms with E-state index in [2.05, 4.69) is 16.8 Å². The molecule has 6 heteroatoms. The largest absolute Gasteiger partial charge is 0.462 e. The molecule has 0 aliphatic carbocycles. The highest BCUT2D eigenvalue weighted by atomic mass is 32.1. The van der Waals surface area contributed by atoms with Gasteiger partial charge in [-0.25, -0.2) is 9.78 Å². The maximum absolute atomic E-state index is 11.8. The van der Waals surface area contributed by atoms with Crippen LogP contribution in [0.5, 0.6) is 0 Å². The van der Waals surface area contributed by atoms with Gasteiger partial charge in [0.15, 0.2) is 5.13 Å². The fraction of sp³-hybridized carbons (Fsp3) is 0.714. The molecule has 2 atom stereocenters. The van der Waals surface area contributed by atoms with Crippen LogP contribution in [0.25, 0.3) is 0 Å². The zero-order valence-electron chi connectivity index (χ0n) is 12.5. The molecule has 0 bridgehead atoms. The van der Waals surface area contributed by atoms with Crippen molar-refractivity contribution in [2.75, 3.05) is 31.7 Å². The number of rotatable bonds is 4. The van der Waals surface area contributed by atoms with Gasteiger partial charge >= 0.3 is 5.97 Å². The summed E-state index contributed by atoms with van der Waals surface area (Å²) < 4.78 is 10.6. The summed E-state index contributed by atoms with van der Waals surface area (Å²) in [6.45, 7) is 8.04. The van der Waals surface area contributed by atoms with Gasteiger partial charge in [-0.15, -0.1) is 0 Å². The number of hydrogen-bond acceptors (Lipinski definition) is 6. The van der Waals surface area contributed by atoms with Crippen molar-refractivity contribution in [1.29, 1.82) is 0 Å². The topological polar surface area (TPSA) is 51.7 Å². The SMILES string of the molecule is CCOC(=O)c1sc(N2CCC(C)C(OC)C2)nc1C. The molecule has 0 radical (unpaired) electrons. The van der Waals surface area contributed by atoms with Crippen LogP contribution in [-0.2, 0) is 9.47 Å². The number of thiazole rings is 1. The van der Waals surface area contributed by atoms with Crippen molar-refractivity contribution < 1.29 is 14.3 Å². The number of aryl methyl sites for hydroxylation is 1. The predicted octanol–water partition coefficient (Wildman–Crippen LogP) is 2.49. The summed E-state index contributed by atoms with van der Waals surface area (Å²) in [6, 6.07) is 0. The molecule has 2 unspecified atom stereocenters. The number of piperidine rings is 1. The van der Waals surface area contributed by atoms with Crippen LogP contribution in [0.15, 0.2) is 0 Å². The highest BCUT2D eigenvalue weighted by molar-refractivity contribution is 7.17.